The van der Waals surface area contributed by atoms with Gasteiger partial charge in [0.15, 0.2) is 0 Å². The number of ether oxygens (including phenoxy) is 3. The normalized spacial score (nSPS) is 14.4. The van der Waals surface area contributed by atoms with Gasteiger partial charge < -0.3 is 24.4 Å². The molecule has 0 unspecified atom stereocenters. The lowest BCUT2D eigenvalue weighted by Gasteiger charge is -2.24. The Morgan fingerprint density at radius 1 is 1.03 bits per heavy atom. The number of benzene rings is 2. The molecule has 0 aromatic heterocycles. The summed E-state index contributed by atoms with van der Waals surface area (Å²) in [7, 11) is 3.25. The highest BCUT2D eigenvalue weighted by molar-refractivity contribution is 5.76. The van der Waals surface area contributed by atoms with E-state index in [0.29, 0.717) is 19.4 Å². The molecular weight excluding hydrogens is 368 g/mol. The van der Waals surface area contributed by atoms with Crippen LogP contribution in [0.25, 0.3) is 0 Å². The van der Waals surface area contributed by atoms with Crippen molar-refractivity contribution in [1.82, 2.24) is 5.32 Å². The molecule has 3 rings (SSSR count). The molecule has 1 fully saturated rings. The molecule has 2 aromatic rings. The fourth-order valence-corrected chi connectivity index (χ4v) is 3.56. The molecule has 0 atom stereocenters. The summed E-state index contributed by atoms with van der Waals surface area (Å²) < 4.78 is 16.0. The van der Waals surface area contributed by atoms with E-state index in [1.165, 1.54) is 16.0 Å². The van der Waals surface area contributed by atoms with Gasteiger partial charge in [-0.05, 0) is 29.7 Å². The first kappa shape index (κ1) is 21.1. The fraction of sp³-hybridized carbons (Fsp3) is 0.435. The summed E-state index contributed by atoms with van der Waals surface area (Å²) in [5, 5.41) is 3.07. The van der Waals surface area contributed by atoms with E-state index in [2.05, 4.69) is 23.5 Å². The van der Waals surface area contributed by atoms with E-state index in [1.54, 1.807) is 14.2 Å². The largest absolute Gasteiger partial charge is 0.497 e. The Kier molecular flexibility index (Phi) is 7.90. The number of carbonyl (C=O) groups excluding carboxylic acids is 1. The molecule has 1 aliphatic rings. The van der Waals surface area contributed by atoms with Crippen LogP contribution in [0, 0.1) is 0 Å². The van der Waals surface area contributed by atoms with Crippen molar-refractivity contribution < 1.29 is 23.9 Å². The molecule has 2 aromatic carbocycles. The smallest absolute Gasteiger partial charge is 0.220 e. The van der Waals surface area contributed by atoms with Crippen LogP contribution in [0.5, 0.6) is 11.5 Å². The van der Waals surface area contributed by atoms with E-state index in [-0.39, 0.29) is 5.91 Å². The van der Waals surface area contributed by atoms with Gasteiger partial charge in [-0.3, -0.25) is 4.79 Å². The first-order valence-electron chi connectivity index (χ1n) is 10.1. The molecule has 1 saturated heterocycles. The molecule has 1 aliphatic heterocycles. The second kappa shape index (κ2) is 10.8. The van der Waals surface area contributed by atoms with Crippen molar-refractivity contribution in [2.75, 3.05) is 40.5 Å². The monoisotopic (exact) mass is 399 g/mol. The number of aryl methyl sites for hydroxylation is 1. The summed E-state index contributed by atoms with van der Waals surface area (Å²) in [6, 6.07) is 14.1. The standard InChI is InChI=1S/C23H30N2O4/c1-27-21-13-18(14-22(15-21)28-2)7-8-23(26)24-16-19-5-3-4-6-20(19)17-25-9-11-29-12-10-25/h3-6,13-15H,7-12,16-17H2,1-2H3,(H,24,26)/p+1. The van der Waals surface area contributed by atoms with Crippen LogP contribution in [0.1, 0.15) is 23.1 Å². The van der Waals surface area contributed by atoms with E-state index in [0.717, 1.165) is 49.9 Å². The van der Waals surface area contributed by atoms with Crippen molar-refractivity contribution in [3.8, 4) is 11.5 Å². The molecule has 0 radical (unpaired) electrons. The molecule has 6 nitrogen and oxygen atoms in total. The average molecular weight is 400 g/mol. The summed E-state index contributed by atoms with van der Waals surface area (Å²) >= 11 is 0. The second-order valence-corrected chi connectivity index (χ2v) is 7.31. The van der Waals surface area contributed by atoms with Crippen LogP contribution in [0.2, 0.25) is 0 Å². The first-order valence-corrected chi connectivity index (χ1v) is 10.1. The number of hydrogen-bond acceptors (Lipinski definition) is 4. The molecule has 1 amide bonds. The van der Waals surface area contributed by atoms with Gasteiger partial charge in [-0.15, -0.1) is 0 Å². The lowest BCUT2D eigenvalue weighted by atomic mass is 10.1. The van der Waals surface area contributed by atoms with E-state index in [9.17, 15) is 4.79 Å². The predicted octanol–water partition coefficient (Wildman–Crippen LogP) is 1.37. The third kappa shape index (κ3) is 6.48. The summed E-state index contributed by atoms with van der Waals surface area (Å²) in [5.41, 5.74) is 3.50. The number of methoxy groups -OCH3 is 2. The van der Waals surface area contributed by atoms with Gasteiger partial charge in [-0.1, -0.05) is 24.3 Å². The highest BCUT2D eigenvalue weighted by atomic mass is 16.5. The van der Waals surface area contributed by atoms with Crippen LogP contribution < -0.4 is 19.7 Å². The number of carbonyl (C=O) groups is 1. The molecule has 0 saturated carbocycles. The maximum absolute atomic E-state index is 12.4. The summed E-state index contributed by atoms with van der Waals surface area (Å²) in [6.45, 7) is 5.24. The molecule has 1 heterocycles. The first-order chi connectivity index (χ1) is 14.2. The van der Waals surface area contributed by atoms with Gasteiger partial charge in [-0.2, -0.15) is 0 Å². The molecule has 2 N–H and O–H groups in total. The van der Waals surface area contributed by atoms with Gasteiger partial charge in [0.1, 0.15) is 31.1 Å². The van der Waals surface area contributed by atoms with E-state index in [1.807, 2.05) is 24.3 Å². The minimum Gasteiger partial charge on any atom is -0.497 e. The maximum Gasteiger partial charge on any atom is 0.220 e. The molecule has 29 heavy (non-hydrogen) atoms. The Morgan fingerprint density at radius 3 is 2.34 bits per heavy atom. The van der Waals surface area contributed by atoms with Gasteiger partial charge in [0.2, 0.25) is 5.91 Å². The van der Waals surface area contributed by atoms with Crippen molar-refractivity contribution in [3.05, 3.63) is 59.2 Å². The summed E-state index contributed by atoms with van der Waals surface area (Å²) in [4.78, 5) is 13.9. The lowest BCUT2D eigenvalue weighted by molar-refractivity contribution is -0.921. The Hall–Kier alpha value is -2.57. The van der Waals surface area contributed by atoms with E-state index >= 15 is 0 Å². The van der Waals surface area contributed by atoms with E-state index < -0.39 is 0 Å². The third-order valence-corrected chi connectivity index (χ3v) is 5.29. The molecule has 0 spiro atoms. The van der Waals surface area contributed by atoms with Crippen molar-refractivity contribution in [2.24, 2.45) is 0 Å². The summed E-state index contributed by atoms with van der Waals surface area (Å²) in [5.74, 6) is 1.51. The van der Waals surface area contributed by atoms with Crippen molar-refractivity contribution in [2.45, 2.75) is 25.9 Å². The Morgan fingerprint density at radius 2 is 1.69 bits per heavy atom. The van der Waals surface area contributed by atoms with Crippen molar-refractivity contribution in [1.29, 1.82) is 0 Å². The zero-order valence-electron chi connectivity index (χ0n) is 17.3. The molecule has 6 heteroatoms. The lowest BCUT2D eigenvalue weighted by Crippen LogP contribution is -3.12. The van der Waals surface area contributed by atoms with Gasteiger partial charge >= 0.3 is 0 Å². The Balaban J connectivity index is 1.52. The number of nitrogens with one attached hydrogen (secondary N) is 2. The maximum atomic E-state index is 12.4. The quantitative estimate of drug-likeness (QED) is 0.669. The van der Waals surface area contributed by atoms with Crippen LogP contribution in [0.15, 0.2) is 42.5 Å². The van der Waals surface area contributed by atoms with Gasteiger partial charge in [0, 0.05) is 24.6 Å². The molecule has 156 valence electrons. The number of amides is 1. The number of rotatable bonds is 9. The topological polar surface area (TPSA) is 61.2 Å². The van der Waals surface area contributed by atoms with E-state index in [4.69, 9.17) is 14.2 Å². The Labute approximate surface area is 172 Å². The van der Waals surface area contributed by atoms with Crippen LogP contribution in [-0.2, 0) is 29.0 Å². The SMILES string of the molecule is COc1cc(CCC(=O)NCc2ccccc2C[NH+]2CCOCC2)cc(OC)c1. The minimum atomic E-state index is 0.0420. The molecule has 0 bridgehead atoms. The highest BCUT2D eigenvalue weighted by Crippen LogP contribution is 2.23. The van der Waals surface area contributed by atoms with Crippen molar-refractivity contribution >= 4 is 5.91 Å². The van der Waals surface area contributed by atoms with Crippen LogP contribution in [-0.4, -0.2) is 46.4 Å². The van der Waals surface area contributed by atoms with Gasteiger partial charge in [0.25, 0.3) is 0 Å². The summed E-state index contributed by atoms with van der Waals surface area (Å²) in [6.07, 6.45) is 1.06. The van der Waals surface area contributed by atoms with Crippen LogP contribution in [0.4, 0.5) is 0 Å². The number of hydrogen-bond donors (Lipinski definition) is 2. The predicted molar refractivity (Wildman–Crippen MR) is 111 cm³/mol. The molecular formula is C23H31N2O4+. The van der Waals surface area contributed by atoms with Gasteiger partial charge in [0.05, 0.1) is 27.4 Å². The van der Waals surface area contributed by atoms with Crippen LogP contribution in [0.3, 0.4) is 0 Å². The van der Waals surface area contributed by atoms with Crippen molar-refractivity contribution in [3.63, 3.8) is 0 Å². The second-order valence-electron chi connectivity index (χ2n) is 7.31. The fourth-order valence-electron chi connectivity index (χ4n) is 3.56. The minimum absolute atomic E-state index is 0.0420. The third-order valence-electron chi connectivity index (χ3n) is 5.29. The number of quaternary nitrogens is 1. The highest BCUT2D eigenvalue weighted by Gasteiger charge is 2.16. The average Bonchev–Trinajstić information content (AvgIpc) is 2.77. The zero-order valence-corrected chi connectivity index (χ0v) is 17.3. The Bertz CT molecular complexity index is 781. The zero-order chi connectivity index (χ0) is 20.5. The van der Waals surface area contributed by atoms with Crippen LogP contribution >= 0.6 is 0 Å². The van der Waals surface area contributed by atoms with Gasteiger partial charge in [-0.25, -0.2) is 0 Å². The molecule has 0 aliphatic carbocycles. The number of morpholine rings is 1.